The van der Waals surface area contributed by atoms with Crippen LogP contribution in [0, 0.1) is 11.8 Å². The largest absolute Gasteiger partial charge is 0.481 e. The second kappa shape index (κ2) is 5.04. The van der Waals surface area contributed by atoms with Gasteiger partial charge in [-0.2, -0.15) is 8.78 Å². The van der Waals surface area contributed by atoms with E-state index in [-0.39, 0.29) is 12.5 Å². The molecule has 0 radical (unpaired) electrons. The first-order chi connectivity index (χ1) is 7.02. The van der Waals surface area contributed by atoms with E-state index < -0.39 is 24.2 Å². The van der Waals surface area contributed by atoms with Crippen LogP contribution in [0.25, 0.3) is 0 Å². The molecule has 4 nitrogen and oxygen atoms in total. The van der Waals surface area contributed by atoms with Crippen molar-refractivity contribution in [1.29, 1.82) is 0 Å². The summed E-state index contributed by atoms with van der Waals surface area (Å²) in [4.78, 5) is 21.3. The van der Waals surface area contributed by atoms with Gasteiger partial charge in [0.15, 0.2) is 0 Å². The Balaban J connectivity index is 2.38. The summed E-state index contributed by atoms with van der Waals surface area (Å²) in [5.74, 6) is -2.97. The van der Waals surface area contributed by atoms with Crippen molar-refractivity contribution in [3.63, 3.8) is 0 Å². The lowest BCUT2D eigenvalue weighted by Gasteiger charge is -2.15. The molecule has 0 bridgehead atoms. The van der Waals surface area contributed by atoms with E-state index in [1.54, 1.807) is 0 Å². The summed E-state index contributed by atoms with van der Waals surface area (Å²) in [6.45, 7) is 0.0279. The molecule has 0 aromatic rings. The summed E-state index contributed by atoms with van der Waals surface area (Å²) < 4.78 is 23.7. The summed E-state index contributed by atoms with van der Waals surface area (Å²) >= 11 is 0. The van der Waals surface area contributed by atoms with Crippen LogP contribution in [0.1, 0.15) is 19.3 Å². The fourth-order valence-electron chi connectivity index (χ4n) is 1.92. The van der Waals surface area contributed by atoms with Crippen LogP contribution < -0.4 is 5.32 Å². The molecule has 0 heterocycles. The molecule has 1 fully saturated rings. The van der Waals surface area contributed by atoms with E-state index in [2.05, 4.69) is 5.32 Å². The first kappa shape index (κ1) is 11.9. The monoisotopic (exact) mass is 221 g/mol. The third-order valence-electron chi connectivity index (χ3n) is 2.71. The van der Waals surface area contributed by atoms with Gasteiger partial charge >= 0.3 is 12.4 Å². The molecule has 1 amide bonds. The molecule has 0 aromatic carbocycles. The molecule has 86 valence electrons. The van der Waals surface area contributed by atoms with Gasteiger partial charge in [-0.3, -0.25) is 9.59 Å². The number of carboxylic acids is 1. The van der Waals surface area contributed by atoms with Crippen molar-refractivity contribution in [2.24, 2.45) is 11.8 Å². The molecule has 0 aliphatic heterocycles. The Hall–Kier alpha value is -1.20. The lowest BCUT2D eigenvalue weighted by Crippen LogP contribution is -2.36. The molecule has 0 aromatic heterocycles. The summed E-state index contributed by atoms with van der Waals surface area (Å²) in [5, 5.41) is 10.9. The highest BCUT2D eigenvalue weighted by Crippen LogP contribution is 2.31. The van der Waals surface area contributed by atoms with Crippen LogP contribution in [0.3, 0.4) is 0 Å². The summed E-state index contributed by atoms with van der Waals surface area (Å²) in [6, 6.07) is 0. The van der Waals surface area contributed by atoms with Crippen LogP contribution >= 0.6 is 0 Å². The van der Waals surface area contributed by atoms with Crippen molar-refractivity contribution in [3.8, 4) is 0 Å². The van der Waals surface area contributed by atoms with Gasteiger partial charge in [0, 0.05) is 6.54 Å². The number of aliphatic carboxylic acids is 1. The molecule has 2 unspecified atom stereocenters. The molecular formula is C9H13F2NO3. The number of alkyl halides is 2. The molecule has 1 aliphatic carbocycles. The van der Waals surface area contributed by atoms with Gasteiger partial charge in [0.1, 0.15) is 0 Å². The van der Waals surface area contributed by atoms with E-state index in [1.807, 2.05) is 0 Å². The molecular weight excluding hydrogens is 208 g/mol. The quantitative estimate of drug-likeness (QED) is 0.740. The molecule has 0 saturated heterocycles. The lowest BCUT2D eigenvalue weighted by atomic mass is 9.96. The van der Waals surface area contributed by atoms with Crippen LogP contribution in [-0.2, 0) is 9.59 Å². The number of rotatable bonds is 4. The summed E-state index contributed by atoms with van der Waals surface area (Å²) in [5.41, 5.74) is 0. The zero-order valence-corrected chi connectivity index (χ0v) is 8.08. The van der Waals surface area contributed by atoms with Crippen LogP contribution in [-0.4, -0.2) is 30.0 Å². The van der Waals surface area contributed by atoms with Crippen LogP contribution in [0.5, 0.6) is 0 Å². The van der Waals surface area contributed by atoms with E-state index >= 15 is 0 Å². The predicted octanol–water partition coefficient (Wildman–Crippen LogP) is 0.869. The number of hydrogen-bond donors (Lipinski definition) is 2. The maximum absolute atomic E-state index is 11.8. The number of carbonyl (C=O) groups is 2. The Morgan fingerprint density at radius 1 is 1.40 bits per heavy atom. The Bertz CT molecular complexity index is 258. The Kier molecular flexibility index (Phi) is 3.99. The number of hydrogen-bond acceptors (Lipinski definition) is 2. The van der Waals surface area contributed by atoms with E-state index in [1.165, 1.54) is 0 Å². The molecule has 2 atom stereocenters. The van der Waals surface area contributed by atoms with E-state index in [9.17, 15) is 18.4 Å². The van der Waals surface area contributed by atoms with Gasteiger partial charge in [-0.1, -0.05) is 6.42 Å². The molecule has 15 heavy (non-hydrogen) atoms. The SMILES string of the molecule is O=C(NCC1CCCC1C(=O)O)C(F)F. The van der Waals surface area contributed by atoms with Gasteiger partial charge < -0.3 is 10.4 Å². The van der Waals surface area contributed by atoms with E-state index in [0.29, 0.717) is 12.8 Å². The molecule has 6 heteroatoms. The third kappa shape index (κ3) is 3.14. The summed E-state index contributed by atoms with van der Waals surface area (Å²) in [7, 11) is 0. The normalized spacial score (nSPS) is 25.5. The van der Waals surface area contributed by atoms with Crippen LogP contribution in [0.2, 0.25) is 0 Å². The van der Waals surface area contributed by atoms with E-state index in [0.717, 1.165) is 6.42 Å². The van der Waals surface area contributed by atoms with Crippen LogP contribution in [0.4, 0.5) is 8.78 Å². The topological polar surface area (TPSA) is 66.4 Å². The predicted molar refractivity (Wildman–Crippen MR) is 47.5 cm³/mol. The molecule has 1 saturated carbocycles. The van der Waals surface area contributed by atoms with Crippen molar-refractivity contribution in [2.45, 2.75) is 25.7 Å². The minimum atomic E-state index is -3.03. The highest BCUT2D eigenvalue weighted by atomic mass is 19.3. The Morgan fingerprint density at radius 2 is 2.07 bits per heavy atom. The van der Waals surface area contributed by atoms with Crippen molar-refractivity contribution in [3.05, 3.63) is 0 Å². The van der Waals surface area contributed by atoms with Gasteiger partial charge in [-0.05, 0) is 18.8 Å². The average Bonchev–Trinajstić information content (AvgIpc) is 2.61. The number of nitrogens with one attached hydrogen (secondary N) is 1. The fourth-order valence-corrected chi connectivity index (χ4v) is 1.92. The standard InChI is InChI=1S/C9H13F2NO3/c10-7(11)8(13)12-4-5-2-1-3-6(5)9(14)15/h5-7H,1-4H2,(H,12,13)(H,14,15). The molecule has 2 N–H and O–H groups in total. The molecule has 1 aliphatic rings. The Labute approximate surface area is 85.7 Å². The molecule has 1 rings (SSSR count). The highest BCUT2D eigenvalue weighted by Gasteiger charge is 2.33. The Morgan fingerprint density at radius 3 is 2.60 bits per heavy atom. The van der Waals surface area contributed by atoms with Crippen molar-refractivity contribution in [2.75, 3.05) is 6.54 Å². The number of amides is 1. The maximum atomic E-state index is 11.8. The van der Waals surface area contributed by atoms with Crippen molar-refractivity contribution < 1.29 is 23.5 Å². The smallest absolute Gasteiger partial charge is 0.315 e. The highest BCUT2D eigenvalue weighted by molar-refractivity contribution is 5.79. The van der Waals surface area contributed by atoms with Gasteiger partial charge in [-0.15, -0.1) is 0 Å². The van der Waals surface area contributed by atoms with Crippen molar-refractivity contribution >= 4 is 11.9 Å². The lowest BCUT2D eigenvalue weighted by molar-refractivity contribution is -0.143. The zero-order valence-electron chi connectivity index (χ0n) is 8.08. The van der Waals surface area contributed by atoms with Gasteiger partial charge in [-0.25, -0.2) is 0 Å². The fraction of sp³-hybridized carbons (Fsp3) is 0.778. The minimum Gasteiger partial charge on any atom is -0.481 e. The van der Waals surface area contributed by atoms with Crippen molar-refractivity contribution in [1.82, 2.24) is 5.32 Å². The van der Waals surface area contributed by atoms with Gasteiger partial charge in [0.2, 0.25) is 0 Å². The second-order valence-electron chi connectivity index (χ2n) is 3.68. The van der Waals surface area contributed by atoms with E-state index in [4.69, 9.17) is 5.11 Å². The first-order valence-electron chi connectivity index (χ1n) is 4.81. The first-order valence-corrected chi connectivity index (χ1v) is 4.81. The van der Waals surface area contributed by atoms with Gasteiger partial charge in [0.25, 0.3) is 5.91 Å². The molecule has 0 spiro atoms. The number of carboxylic acid groups (broad SMARTS) is 1. The maximum Gasteiger partial charge on any atom is 0.315 e. The zero-order chi connectivity index (χ0) is 11.4. The minimum absolute atomic E-state index is 0.0279. The number of carbonyl (C=O) groups excluding carboxylic acids is 1. The van der Waals surface area contributed by atoms with Crippen LogP contribution in [0.15, 0.2) is 0 Å². The number of halogens is 2. The summed E-state index contributed by atoms with van der Waals surface area (Å²) in [6.07, 6.45) is -1.04. The second-order valence-corrected chi connectivity index (χ2v) is 3.68. The average molecular weight is 221 g/mol. The third-order valence-corrected chi connectivity index (χ3v) is 2.71. The van der Waals surface area contributed by atoms with Gasteiger partial charge in [0.05, 0.1) is 5.92 Å².